The molecular formula is C56H57N6O7S2+. The monoisotopic (exact) mass is 989 g/mol. The number of likely N-dealkylation sites (N-methyl/N-ethyl adjacent to an activating group) is 1. The number of nitrogens with zero attached hydrogens (tertiary/aromatic N) is 4. The second-order valence-electron chi connectivity index (χ2n) is 18.5. The van der Waals surface area contributed by atoms with Crippen LogP contribution in [0.3, 0.4) is 0 Å². The van der Waals surface area contributed by atoms with E-state index >= 15 is 0 Å². The highest BCUT2D eigenvalue weighted by Gasteiger charge is 2.58. The van der Waals surface area contributed by atoms with Gasteiger partial charge < -0.3 is 29.4 Å². The van der Waals surface area contributed by atoms with Gasteiger partial charge in [0.05, 0.1) is 42.8 Å². The Morgan fingerprint density at radius 3 is 1.93 bits per heavy atom. The first-order valence-electron chi connectivity index (χ1n) is 24.4. The number of esters is 1. The fraction of sp³-hybridized carbons (Fsp3) is 0.304. The topological polar surface area (TPSA) is 149 Å². The van der Waals surface area contributed by atoms with Crippen LogP contribution in [0, 0.1) is 0 Å². The van der Waals surface area contributed by atoms with Crippen LogP contribution in [0.2, 0.25) is 0 Å². The van der Waals surface area contributed by atoms with E-state index < -0.39 is 57.9 Å². The SMILES string of the molecule is CC[N+]1(CC2=C(C(=O)OC(c3ccccc3)c3ccccc3)N3C(=O)C(NC(=O)C(=NOC4CCCCO4)c4csc(NC(c5ccccc5)(c5ccccc5)c5ccccc5)n4)[C@@H]3S(=O)C2)CCCC1. The molecule has 0 bridgehead atoms. The summed E-state index contributed by atoms with van der Waals surface area (Å²) in [5.41, 5.74) is 4.26. The van der Waals surface area contributed by atoms with Crippen molar-refractivity contribution in [3.63, 3.8) is 0 Å². The van der Waals surface area contributed by atoms with Crippen LogP contribution >= 0.6 is 11.3 Å². The number of aromatic nitrogens is 1. The number of thiazole rings is 1. The molecule has 2 N–H and O–H groups in total. The fourth-order valence-electron chi connectivity index (χ4n) is 10.4. The van der Waals surface area contributed by atoms with Crippen LogP contribution in [0.5, 0.6) is 0 Å². The molecule has 3 unspecified atom stereocenters. The van der Waals surface area contributed by atoms with E-state index in [2.05, 4.69) is 59.1 Å². The molecule has 5 heterocycles. The maximum atomic E-state index is 14.9. The molecule has 13 nitrogen and oxygen atoms in total. The van der Waals surface area contributed by atoms with E-state index in [0.29, 0.717) is 30.3 Å². The lowest BCUT2D eigenvalue weighted by molar-refractivity contribution is -0.910. The number of benzene rings is 5. The number of hydrogen-bond acceptors (Lipinski definition) is 11. The highest BCUT2D eigenvalue weighted by molar-refractivity contribution is 7.86. The van der Waals surface area contributed by atoms with Crippen LogP contribution in [0.1, 0.15) is 78.6 Å². The number of ether oxygens (including phenoxy) is 2. The van der Waals surface area contributed by atoms with Crippen molar-refractivity contribution >= 4 is 50.8 Å². The Morgan fingerprint density at radius 2 is 1.39 bits per heavy atom. The minimum absolute atomic E-state index is 0.0444. The van der Waals surface area contributed by atoms with Crippen molar-refractivity contribution < 1.29 is 37.4 Å². The number of hydrogen-bond donors (Lipinski definition) is 2. The molecule has 0 aliphatic carbocycles. The van der Waals surface area contributed by atoms with Gasteiger partial charge in [-0.15, -0.1) is 11.3 Å². The number of β-lactam (4-membered cyclic amide) rings is 1. The van der Waals surface area contributed by atoms with Gasteiger partial charge in [0.15, 0.2) is 16.9 Å². The summed E-state index contributed by atoms with van der Waals surface area (Å²) < 4.78 is 27.5. The van der Waals surface area contributed by atoms with Gasteiger partial charge in [0.1, 0.15) is 34.9 Å². The molecule has 0 spiro atoms. The zero-order chi connectivity index (χ0) is 48.8. The first-order chi connectivity index (χ1) is 34.8. The number of quaternary nitrogens is 1. The molecule has 3 saturated heterocycles. The zero-order valence-corrected chi connectivity index (χ0v) is 41.2. The Morgan fingerprint density at radius 1 is 0.831 bits per heavy atom. The van der Waals surface area contributed by atoms with Gasteiger partial charge in [0, 0.05) is 30.2 Å². The smallest absolute Gasteiger partial charge is 0.356 e. The molecule has 15 heteroatoms. The van der Waals surface area contributed by atoms with E-state index in [1.54, 1.807) is 5.38 Å². The molecular weight excluding hydrogens is 933 g/mol. The van der Waals surface area contributed by atoms with Crippen LogP contribution in [-0.2, 0) is 45.0 Å². The van der Waals surface area contributed by atoms with Crippen LogP contribution in [0.25, 0.3) is 0 Å². The van der Waals surface area contributed by atoms with Crippen LogP contribution < -0.4 is 10.6 Å². The summed E-state index contributed by atoms with van der Waals surface area (Å²) in [6.07, 6.45) is 2.94. The third-order valence-corrected chi connectivity index (χ3v) is 16.5. The largest absolute Gasteiger partial charge is 0.448 e. The van der Waals surface area contributed by atoms with Gasteiger partial charge in [-0.3, -0.25) is 18.7 Å². The summed E-state index contributed by atoms with van der Waals surface area (Å²) >= 11 is 1.29. The molecule has 1 aromatic heterocycles. The molecule has 2 amide bonds. The summed E-state index contributed by atoms with van der Waals surface area (Å²) in [7, 11) is -1.70. The molecule has 0 saturated carbocycles. The summed E-state index contributed by atoms with van der Waals surface area (Å²) in [5, 5.41) is 12.2. The highest BCUT2D eigenvalue weighted by atomic mass is 32.2. The highest BCUT2D eigenvalue weighted by Crippen LogP contribution is 2.42. The third kappa shape index (κ3) is 9.83. The number of nitrogens with one attached hydrogen (secondary N) is 2. The number of fused-ring (bicyclic) bond motifs is 1. The number of rotatable bonds is 17. The zero-order valence-electron chi connectivity index (χ0n) is 39.6. The predicted octanol–water partition coefficient (Wildman–Crippen LogP) is 8.43. The van der Waals surface area contributed by atoms with Gasteiger partial charge in [-0.05, 0) is 47.6 Å². The van der Waals surface area contributed by atoms with Crippen molar-refractivity contribution in [3.05, 3.63) is 202 Å². The number of amides is 2. The molecule has 71 heavy (non-hydrogen) atoms. The van der Waals surface area contributed by atoms with Gasteiger partial charge in [-0.2, -0.15) is 0 Å². The average molecular weight is 990 g/mol. The summed E-state index contributed by atoms with van der Waals surface area (Å²) in [6.45, 7) is 5.72. The molecule has 3 fully saturated rings. The van der Waals surface area contributed by atoms with E-state index in [-0.39, 0.29) is 22.9 Å². The Labute approximate surface area is 420 Å². The van der Waals surface area contributed by atoms with Crippen molar-refractivity contribution in [2.45, 2.75) is 68.4 Å². The van der Waals surface area contributed by atoms with Gasteiger partial charge in [0.2, 0.25) is 6.29 Å². The van der Waals surface area contributed by atoms with E-state index in [9.17, 15) is 18.6 Å². The normalized spacial score (nSPS) is 21.0. The van der Waals surface area contributed by atoms with Crippen molar-refractivity contribution in [1.82, 2.24) is 15.2 Å². The predicted molar refractivity (Wildman–Crippen MR) is 274 cm³/mol. The molecule has 5 aromatic carbocycles. The first kappa shape index (κ1) is 47.9. The quantitative estimate of drug-likeness (QED) is 0.0230. The number of anilines is 1. The maximum Gasteiger partial charge on any atom is 0.356 e. The minimum atomic E-state index is -1.70. The van der Waals surface area contributed by atoms with Crippen molar-refractivity contribution in [1.29, 1.82) is 0 Å². The van der Waals surface area contributed by atoms with Crippen LogP contribution in [0.4, 0.5) is 5.13 Å². The van der Waals surface area contributed by atoms with Crippen LogP contribution in [0.15, 0.2) is 173 Å². The Balaban J connectivity index is 0.971. The molecule has 364 valence electrons. The lowest BCUT2D eigenvalue weighted by Crippen LogP contribution is -2.74. The van der Waals surface area contributed by atoms with Gasteiger partial charge in [0.25, 0.3) is 11.8 Å². The Hall–Kier alpha value is -6.78. The van der Waals surface area contributed by atoms with Gasteiger partial charge in [-0.1, -0.05) is 157 Å². The second kappa shape index (κ2) is 21.3. The first-order valence-corrected chi connectivity index (χ1v) is 26.7. The second-order valence-corrected chi connectivity index (χ2v) is 20.8. The summed E-state index contributed by atoms with van der Waals surface area (Å²) in [4.78, 5) is 56.5. The molecule has 4 aliphatic heterocycles. The van der Waals surface area contributed by atoms with Crippen molar-refractivity contribution in [2.75, 3.05) is 43.9 Å². The van der Waals surface area contributed by atoms with E-state index in [0.717, 1.165) is 77.6 Å². The standard InChI is InChI=1S/C56H56N6O7S2/c1-2-62(33-19-20-34-62)36-41-38-71(66)53-48(52(64)61(53)49(41)54(65)68-50(39-22-8-3-9-23-39)40-24-10-4-11-25-40)58-51(63)47(60-69-46-32-18-21-35-67-46)45-37-70-55(57-45)59-56(42-26-12-5-13-27-42,43-28-14-6-15-29-43)44-30-16-7-17-31-44/h3-17,22-31,37,46,48,50,53H,2,18-21,32-36,38H2,1H3,(H-,57,58,59,63)/p+1/t46?,48?,53-,71?/m0/s1. The van der Waals surface area contributed by atoms with Crippen molar-refractivity contribution in [2.24, 2.45) is 5.16 Å². The summed E-state index contributed by atoms with van der Waals surface area (Å²) in [6, 6.07) is 48.0. The van der Waals surface area contributed by atoms with Gasteiger partial charge in [-0.25, -0.2) is 9.78 Å². The number of likely N-dealkylation sites (tertiary alicyclic amines) is 1. The van der Waals surface area contributed by atoms with E-state index in [1.807, 2.05) is 115 Å². The Kier molecular flexibility index (Phi) is 14.4. The lowest BCUT2D eigenvalue weighted by Gasteiger charge is -2.50. The van der Waals surface area contributed by atoms with Crippen molar-refractivity contribution in [3.8, 4) is 0 Å². The van der Waals surface area contributed by atoms with Crippen LogP contribution in [-0.4, -0.2) is 98.3 Å². The number of carbonyl (C=O) groups is 3. The molecule has 10 rings (SSSR count). The average Bonchev–Trinajstić information content (AvgIpc) is 4.10. The summed E-state index contributed by atoms with van der Waals surface area (Å²) in [5.74, 6) is -1.97. The van der Waals surface area contributed by atoms with E-state index in [1.165, 1.54) is 16.2 Å². The Bertz CT molecular complexity index is 2770. The molecule has 6 aromatic rings. The molecule has 0 radical (unpaired) electrons. The van der Waals surface area contributed by atoms with E-state index in [4.69, 9.17) is 19.3 Å². The molecule has 4 aliphatic rings. The molecule has 4 atom stereocenters. The fourth-order valence-corrected chi connectivity index (χ4v) is 12.8. The minimum Gasteiger partial charge on any atom is -0.448 e. The number of carbonyl (C=O) groups excluding carboxylic acids is 3. The maximum absolute atomic E-state index is 14.9. The number of oxime groups is 1. The lowest BCUT2D eigenvalue weighted by atomic mass is 9.77. The van der Waals surface area contributed by atoms with Gasteiger partial charge >= 0.3 is 5.97 Å². The third-order valence-electron chi connectivity index (χ3n) is 14.1.